The van der Waals surface area contributed by atoms with E-state index in [2.05, 4.69) is 11.1 Å². The van der Waals surface area contributed by atoms with Gasteiger partial charge in [0.25, 0.3) is 10.0 Å². The fourth-order valence-electron chi connectivity index (χ4n) is 3.23. The minimum absolute atomic E-state index is 0.169. The van der Waals surface area contributed by atoms with Crippen LogP contribution in [0, 0.1) is 11.3 Å². The predicted molar refractivity (Wildman–Crippen MR) is 110 cm³/mol. The van der Waals surface area contributed by atoms with Gasteiger partial charge < -0.3 is 0 Å². The molecule has 0 bridgehead atoms. The number of aliphatic imine (C=N–C) groups is 1. The van der Waals surface area contributed by atoms with Crippen molar-refractivity contribution in [1.29, 1.82) is 5.26 Å². The third kappa shape index (κ3) is 3.62. The van der Waals surface area contributed by atoms with Crippen LogP contribution in [0.25, 0.3) is 0 Å². The number of rotatable bonds is 4. The Morgan fingerprint density at radius 2 is 1.96 bits per heavy atom. The molecule has 1 unspecified atom stereocenters. The summed E-state index contributed by atoms with van der Waals surface area (Å²) in [5.41, 5.74) is 2.95. The van der Waals surface area contributed by atoms with Crippen LogP contribution in [0.2, 0.25) is 0 Å². The lowest BCUT2D eigenvalue weighted by Gasteiger charge is -2.27. The van der Waals surface area contributed by atoms with E-state index in [4.69, 9.17) is 0 Å². The number of fused-ring (bicyclic) bond motifs is 1. The van der Waals surface area contributed by atoms with Gasteiger partial charge in [0.2, 0.25) is 0 Å². The van der Waals surface area contributed by atoms with Crippen molar-refractivity contribution in [1.82, 2.24) is 4.31 Å². The molecule has 1 aliphatic heterocycles. The van der Waals surface area contributed by atoms with Crippen LogP contribution < -0.4 is 0 Å². The molecule has 7 heteroatoms. The summed E-state index contributed by atoms with van der Waals surface area (Å²) in [5, 5.41) is 11.0. The summed E-state index contributed by atoms with van der Waals surface area (Å²) >= 11 is 1.20. The molecule has 0 aliphatic carbocycles. The molecule has 0 saturated carbocycles. The average molecular weight is 408 g/mol. The van der Waals surface area contributed by atoms with Gasteiger partial charge in [-0.05, 0) is 47.2 Å². The molecule has 0 saturated heterocycles. The number of hydrogen-bond acceptors (Lipinski definition) is 5. The predicted octanol–water partition coefficient (Wildman–Crippen LogP) is 4.14. The Bertz CT molecular complexity index is 1150. The summed E-state index contributed by atoms with van der Waals surface area (Å²) in [4.78, 5) is 4.55. The summed E-state index contributed by atoms with van der Waals surface area (Å²) in [6.45, 7) is 0.169. The molecule has 28 heavy (non-hydrogen) atoms. The molecular weight excluding hydrogens is 390 g/mol. The van der Waals surface area contributed by atoms with Crippen LogP contribution in [-0.4, -0.2) is 25.0 Å². The maximum Gasteiger partial charge on any atom is 0.253 e. The Morgan fingerprint density at radius 3 is 2.68 bits per heavy atom. The quantitative estimate of drug-likeness (QED) is 0.652. The molecular formula is C21H17N3O2S2. The summed E-state index contributed by atoms with van der Waals surface area (Å²) in [5.74, 6) is 0. The van der Waals surface area contributed by atoms with E-state index in [1.54, 1.807) is 41.9 Å². The van der Waals surface area contributed by atoms with Crippen molar-refractivity contribution in [3.8, 4) is 6.07 Å². The van der Waals surface area contributed by atoms with Crippen LogP contribution in [0.3, 0.4) is 0 Å². The lowest BCUT2D eigenvalue weighted by molar-refractivity contribution is 0.376. The molecule has 1 atom stereocenters. The van der Waals surface area contributed by atoms with Gasteiger partial charge in [-0.15, -0.1) is 11.3 Å². The third-order valence-electron chi connectivity index (χ3n) is 4.64. The normalized spacial score (nSPS) is 16.9. The van der Waals surface area contributed by atoms with E-state index < -0.39 is 16.1 Å². The molecule has 0 N–H and O–H groups in total. The zero-order chi connectivity index (χ0) is 19.6. The summed E-state index contributed by atoms with van der Waals surface area (Å²) in [6, 6.07) is 20.0. The number of nitriles is 1. The van der Waals surface area contributed by atoms with Gasteiger partial charge >= 0.3 is 0 Å². The monoisotopic (exact) mass is 407 g/mol. The van der Waals surface area contributed by atoms with Crippen molar-refractivity contribution in [3.05, 3.63) is 82.7 Å². The minimum atomic E-state index is -3.70. The second-order valence-corrected chi connectivity index (χ2v) is 9.54. The lowest BCUT2D eigenvalue weighted by Crippen LogP contribution is -2.41. The van der Waals surface area contributed by atoms with E-state index in [1.807, 2.05) is 30.3 Å². The fraction of sp³-hybridized carbons (Fsp3) is 0.143. The van der Waals surface area contributed by atoms with E-state index in [0.717, 1.165) is 11.1 Å². The van der Waals surface area contributed by atoms with Crippen LogP contribution in [0.1, 0.15) is 16.7 Å². The molecule has 0 fully saturated rings. The van der Waals surface area contributed by atoms with E-state index in [1.165, 1.54) is 15.6 Å². The zero-order valence-electron chi connectivity index (χ0n) is 14.9. The van der Waals surface area contributed by atoms with Gasteiger partial charge in [-0.3, -0.25) is 4.99 Å². The molecule has 0 spiro atoms. The number of hydrogen-bond donors (Lipinski definition) is 0. The SMILES string of the molecule is N#Cc1ccc2c(c1)CN(S(=O)(=O)c1cccs1)C(Cc1ccccc1)C=N2. The van der Waals surface area contributed by atoms with E-state index in [0.29, 0.717) is 21.9 Å². The molecule has 3 aromatic rings. The van der Waals surface area contributed by atoms with Crippen molar-refractivity contribution in [3.63, 3.8) is 0 Å². The van der Waals surface area contributed by atoms with E-state index in [9.17, 15) is 13.7 Å². The second kappa shape index (κ2) is 7.68. The zero-order valence-corrected chi connectivity index (χ0v) is 16.5. The van der Waals surface area contributed by atoms with Crippen molar-refractivity contribution < 1.29 is 8.42 Å². The molecule has 0 radical (unpaired) electrons. The maximum atomic E-state index is 13.4. The number of sulfonamides is 1. The highest BCUT2D eigenvalue weighted by Gasteiger charge is 2.33. The first-order valence-corrected chi connectivity index (χ1v) is 11.1. The Balaban J connectivity index is 1.79. The van der Waals surface area contributed by atoms with Gasteiger partial charge in [-0.25, -0.2) is 8.42 Å². The smallest absolute Gasteiger partial charge is 0.253 e. The molecule has 0 amide bonds. The van der Waals surface area contributed by atoms with Crippen LogP contribution in [0.15, 0.2) is 75.2 Å². The summed E-state index contributed by atoms with van der Waals surface area (Å²) in [7, 11) is -3.70. The minimum Gasteiger partial charge on any atom is -0.259 e. The number of nitrogens with zero attached hydrogens (tertiary/aromatic N) is 3. The first-order chi connectivity index (χ1) is 13.6. The highest BCUT2D eigenvalue weighted by Crippen LogP contribution is 2.31. The summed E-state index contributed by atoms with van der Waals surface area (Å²) < 4.78 is 28.5. The Hall–Kier alpha value is -2.79. The Labute approximate surface area is 168 Å². The number of benzene rings is 2. The van der Waals surface area contributed by atoms with Crippen molar-refractivity contribution in [2.75, 3.05) is 0 Å². The maximum absolute atomic E-state index is 13.4. The lowest BCUT2D eigenvalue weighted by atomic mass is 10.1. The molecule has 5 nitrogen and oxygen atoms in total. The topological polar surface area (TPSA) is 73.5 Å². The van der Waals surface area contributed by atoms with Gasteiger partial charge in [0.15, 0.2) is 0 Å². The van der Waals surface area contributed by atoms with Gasteiger partial charge in [0.05, 0.1) is 23.4 Å². The second-order valence-electron chi connectivity index (χ2n) is 6.47. The molecule has 2 aromatic carbocycles. The van der Waals surface area contributed by atoms with Crippen molar-refractivity contribution in [2.24, 2.45) is 4.99 Å². The van der Waals surface area contributed by atoms with Crippen LogP contribution >= 0.6 is 11.3 Å². The highest BCUT2D eigenvalue weighted by atomic mass is 32.2. The van der Waals surface area contributed by atoms with Crippen LogP contribution in [0.4, 0.5) is 5.69 Å². The first kappa shape index (κ1) is 18.6. The Morgan fingerprint density at radius 1 is 1.14 bits per heavy atom. The van der Waals surface area contributed by atoms with E-state index in [-0.39, 0.29) is 6.54 Å². The standard InChI is InChI=1S/C21H17N3O2S2/c22-13-17-8-9-20-18(11-17)15-24(28(25,26)21-7-4-10-27-21)19(14-23-20)12-16-5-2-1-3-6-16/h1-11,14,19H,12,15H2. The first-order valence-electron chi connectivity index (χ1n) is 8.74. The van der Waals surface area contributed by atoms with Crippen molar-refractivity contribution >= 4 is 33.3 Å². The van der Waals surface area contributed by atoms with Crippen LogP contribution in [-0.2, 0) is 23.0 Å². The third-order valence-corrected chi connectivity index (χ3v) is 7.88. The van der Waals surface area contributed by atoms with Crippen molar-refractivity contribution in [2.45, 2.75) is 23.2 Å². The molecule has 2 heterocycles. The molecule has 4 rings (SSSR count). The summed E-state index contributed by atoms with van der Waals surface area (Å²) in [6.07, 6.45) is 2.23. The number of thiophene rings is 1. The van der Waals surface area contributed by atoms with E-state index >= 15 is 0 Å². The van der Waals surface area contributed by atoms with Gasteiger partial charge in [-0.1, -0.05) is 36.4 Å². The van der Waals surface area contributed by atoms with Gasteiger partial charge in [0.1, 0.15) is 4.21 Å². The van der Waals surface area contributed by atoms with Gasteiger partial charge in [0, 0.05) is 12.8 Å². The largest absolute Gasteiger partial charge is 0.259 e. The molecule has 1 aromatic heterocycles. The average Bonchev–Trinajstić information content (AvgIpc) is 3.20. The fourth-order valence-corrected chi connectivity index (χ4v) is 5.90. The Kier molecular flexibility index (Phi) is 5.09. The van der Waals surface area contributed by atoms with Crippen LogP contribution in [0.5, 0.6) is 0 Å². The van der Waals surface area contributed by atoms with Gasteiger partial charge in [-0.2, -0.15) is 9.57 Å². The molecule has 140 valence electrons. The highest BCUT2D eigenvalue weighted by molar-refractivity contribution is 7.91. The molecule has 1 aliphatic rings.